The first-order valence-corrected chi connectivity index (χ1v) is 6.49. The predicted molar refractivity (Wildman–Crippen MR) is 68.7 cm³/mol. The van der Waals surface area contributed by atoms with Crippen molar-refractivity contribution in [1.29, 1.82) is 0 Å². The minimum Gasteiger partial charge on any atom is -0.479 e. The zero-order valence-corrected chi connectivity index (χ0v) is 11.2. The minimum absolute atomic E-state index is 0.0732. The smallest absolute Gasteiger partial charge is 0.329 e. The monoisotopic (exact) mass is 265 g/mol. The lowest BCUT2D eigenvalue weighted by molar-refractivity contribution is -0.148. The summed E-state index contributed by atoms with van der Waals surface area (Å²) in [5.74, 6) is -1.40. The molecule has 2 N–H and O–H groups in total. The second-order valence-electron chi connectivity index (χ2n) is 5.27. The molecule has 0 spiro atoms. The Bertz CT molecular complexity index is 497. The highest BCUT2D eigenvalue weighted by Crippen LogP contribution is 2.34. The predicted octanol–water partition coefficient (Wildman–Crippen LogP) is 1.18. The van der Waals surface area contributed by atoms with Gasteiger partial charge in [-0.3, -0.25) is 4.79 Å². The molecule has 0 saturated heterocycles. The summed E-state index contributed by atoms with van der Waals surface area (Å²) in [5, 5.41) is 12.3. The van der Waals surface area contributed by atoms with Crippen molar-refractivity contribution in [3.8, 4) is 0 Å². The van der Waals surface area contributed by atoms with E-state index in [0.717, 1.165) is 19.3 Å². The van der Waals surface area contributed by atoms with Gasteiger partial charge in [0.2, 0.25) is 0 Å². The van der Waals surface area contributed by atoms with Crippen LogP contribution in [-0.2, 0) is 11.8 Å². The maximum atomic E-state index is 12.2. The molecule has 0 radical (unpaired) electrons. The van der Waals surface area contributed by atoms with Gasteiger partial charge in [-0.05, 0) is 18.8 Å². The van der Waals surface area contributed by atoms with Crippen molar-refractivity contribution in [2.75, 3.05) is 0 Å². The van der Waals surface area contributed by atoms with Gasteiger partial charge in [0.15, 0.2) is 0 Å². The van der Waals surface area contributed by atoms with Gasteiger partial charge in [-0.15, -0.1) is 0 Å². The van der Waals surface area contributed by atoms with Gasteiger partial charge in [0, 0.05) is 7.05 Å². The molecule has 1 aromatic heterocycles. The maximum Gasteiger partial charge on any atom is 0.329 e. The fraction of sp³-hybridized carbons (Fsp3) is 0.615. The number of aromatic nitrogens is 2. The first-order valence-electron chi connectivity index (χ1n) is 6.49. The molecule has 1 aliphatic carbocycles. The van der Waals surface area contributed by atoms with Crippen LogP contribution in [0, 0.1) is 5.92 Å². The van der Waals surface area contributed by atoms with E-state index in [0.29, 0.717) is 12.1 Å². The second-order valence-corrected chi connectivity index (χ2v) is 5.27. The van der Waals surface area contributed by atoms with E-state index in [-0.39, 0.29) is 11.8 Å². The number of aryl methyl sites for hydroxylation is 1. The number of nitrogens with zero attached hydrogens (tertiary/aromatic N) is 2. The van der Waals surface area contributed by atoms with E-state index >= 15 is 0 Å². The number of aliphatic carboxylic acids is 1. The third kappa shape index (κ3) is 2.34. The number of hydrogen-bond acceptors (Lipinski definition) is 3. The summed E-state index contributed by atoms with van der Waals surface area (Å²) in [5.41, 5.74) is -0.780. The van der Waals surface area contributed by atoms with Crippen molar-refractivity contribution in [3.05, 3.63) is 18.2 Å². The molecule has 0 aliphatic heterocycles. The number of carbonyl (C=O) groups excluding carboxylic acids is 1. The quantitative estimate of drug-likeness (QED) is 0.859. The van der Waals surface area contributed by atoms with Gasteiger partial charge in [-0.25, -0.2) is 9.78 Å². The number of carboxylic acid groups (broad SMARTS) is 1. The average Bonchev–Trinajstić information content (AvgIpc) is 2.78. The van der Waals surface area contributed by atoms with Gasteiger partial charge < -0.3 is 15.0 Å². The molecular formula is C13H19N3O3. The fourth-order valence-electron chi connectivity index (χ4n) is 2.75. The molecule has 1 amide bonds. The van der Waals surface area contributed by atoms with Crippen LogP contribution in [0.1, 0.15) is 43.1 Å². The molecule has 1 aliphatic rings. The summed E-state index contributed by atoms with van der Waals surface area (Å²) in [6, 6.07) is 0. The van der Waals surface area contributed by atoms with Crippen LogP contribution in [-0.4, -0.2) is 32.1 Å². The lowest BCUT2D eigenvalue weighted by Crippen LogP contribution is -2.60. The SMILES string of the molecule is CC1CCCCC1(NC(=O)c1cncn1C)C(=O)O. The molecule has 2 atom stereocenters. The lowest BCUT2D eigenvalue weighted by Gasteiger charge is -2.39. The van der Waals surface area contributed by atoms with Crippen LogP contribution in [0.5, 0.6) is 0 Å². The molecule has 6 heteroatoms. The average molecular weight is 265 g/mol. The normalized spacial score (nSPS) is 26.9. The molecule has 1 aromatic rings. The van der Waals surface area contributed by atoms with Gasteiger partial charge in [0.25, 0.3) is 5.91 Å². The largest absolute Gasteiger partial charge is 0.479 e. The fourth-order valence-corrected chi connectivity index (χ4v) is 2.75. The van der Waals surface area contributed by atoms with Crippen LogP contribution in [0.2, 0.25) is 0 Å². The van der Waals surface area contributed by atoms with Crippen molar-refractivity contribution in [2.24, 2.45) is 13.0 Å². The molecule has 0 aromatic carbocycles. The standard InChI is InChI=1S/C13H19N3O3/c1-9-5-3-4-6-13(9,12(18)19)15-11(17)10-7-14-8-16(10)2/h7-9H,3-6H2,1-2H3,(H,15,17)(H,18,19). The number of hydrogen-bond donors (Lipinski definition) is 2. The Morgan fingerprint density at radius 1 is 1.53 bits per heavy atom. The van der Waals surface area contributed by atoms with E-state index in [2.05, 4.69) is 10.3 Å². The van der Waals surface area contributed by atoms with Crippen molar-refractivity contribution >= 4 is 11.9 Å². The Kier molecular flexibility index (Phi) is 3.59. The number of rotatable bonds is 3. The van der Waals surface area contributed by atoms with Crippen LogP contribution in [0.15, 0.2) is 12.5 Å². The molecule has 2 rings (SSSR count). The van der Waals surface area contributed by atoms with Gasteiger partial charge in [0.05, 0.1) is 12.5 Å². The van der Waals surface area contributed by atoms with Crippen molar-refractivity contribution in [2.45, 2.75) is 38.1 Å². The third-order valence-corrected chi connectivity index (χ3v) is 4.07. The Hall–Kier alpha value is -1.85. The van der Waals surface area contributed by atoms with Crippen molar-refractivity contribution < 1.29 is 14.7 Å². The summed E-state index contributed by atoms with van der Waals surface area (Å²) < 4.78 is 1.58. The molecule has 1 heterocycles. The summed E-state index contributed by atoms with van der Waals surface area (Å²) in [6.07, 6.45) is 6.09. The van der Waals surface area contributed by atoms with E-state index in [1.807, 2.05) is 6.92 Å². The van der Waals surface area contributed by atoms with Crippen molar-refractivity contribution in [3.63, 3.8) is 0 Å². The Morgan fingerprint density at radius 3 is 2.79 bits per heavy atom. The molecule has 0 bridgehead atoms. The summed E-state index contributed by atoms with van der Waals surface area (Å²) in [6.45, 7) is 1.89. The number of amides is 1. The highest BCUT2D eigenvalue weighted by Gasteiger charge is 2.46. The summed E-state index contributed by atoms with van der Waals surface area (Å²) in [7, 11) is 1.71. The van der Waals surface area contributed by atoms with Crippen LogP contribution in [0.4, 0.5) is 0 Å². The number of nitrogens with one attached hydrogen (secondary N) is 1. The molecule has 1 saturated carbocycles. The van der Waals surface area contributed by atoms with Crippen LogP contribution in [0.3, 0.4) is 0 Å². The Labute approximate surface area is 111 Å². The van der Waals surface area contributed by atoms with E-state index < -0.39 is 11.5 Å². The first-order chi connectivity index (χ1) is 8.97. The lowest BCUT2D eigenvalue weighted by atomic mass is 9.73. The van der Waals surface area contributed by atoms with Gasteiger partial charge in [-0.1, -0.05) is 19.8 Å². The van der Waals surface area contributed by atoms with Crippen molar-refractivity contribution in [1.82, 2.24) is 14.9 Å². The summed E-state index contributed by atoms with van der Waals surface area (Å²) >= 11 is 0. The van der Waals surface area contributed by atoms with E-state index in [4.69, 9.17) is 0 Å². The minimum atomic E-state index is -1.15. The molecule has 104 valence electrons. The van der Waals surface area contributed by atoms with Gasteiger partial charge >= 0.3 is 5.97 Å². The first kappa shape index (κ1) is 13.6. The van der Waals surface area contributed by atoms with E-state index in [1.165, 1.54) is 12.5 Å². The molecule has 2 unspecified atom stereocenters. The Balaban J connectivity index is 2.24. The molecular weight excluding hydrogens is 246 g/mol. The van der Waals surface area contributed by atoms with Gasteiger partial charge in [-0.2, -0.15) is 0 Å². The zero-order chi connectivity index (χ0) is 14.0. The number of imidazole rings is 1. The summed E-state index contributed by atoms with van der Waals surface area (Å²) in [4.78, 5) is 27.7. The van der Waals surface area contributed by atoms with E-state index in [9.17, 15) is 14.7 Å². The van der Waals surface area contributed by atoms with E-state index in [1.54, 1.807) is 11.6 Å². The molecule has 6 nitrogen and oxygen atoms in total. The topological polar surface area (TPSA) is 84.2 Å². The molecule has 1 fully saturated rings. The number of carbonyl (C=O) groups is 2. The van der Waals surface area contributed by atoms with Gasteiger partial charge in [0.1, 0.15) is 11.2 Å². The maximum absolute atomic E-state index is 12.2. The Morgan fingerprint density at radius 2 is 2.26 bits per heavy atom. The van der Waals surface area contributed by atoms with Crippen LogP contribution < -0.4 is 5.32 Å². The highest BCUT2D eigenvalue weighted by atomic mass is 16.4. The zero-order valence-electron chi connectivity index (χ0n) is 11.2. The molecule has 19 heavy (non-hydrogen) atoms. The third-order valence-electron chi connectivity index (χ3n) is 4.07. The van der Waals surface area contributed by atoms with Crippen LogP contribution >= 0.6 is 0 Å². The van der Waals surface area contributed by atoms with Crippen LogP contribution in [0.25, 0.3) is 0 Å². The second kappa shape index (κ2) is 5.03. The number of carboxylic acids is 1. The highest BCUT2D eigenvalue weighted by molar-refractivity contribution is 5.96.